The maximum atomic E-state index is 2.58. The molecule has 0 radical (unpaired) electrons. The quantitative estimate of drug-likeness (QED) is 0.142. The minimum atomic E-state index is -0.391. The van der Waals surface area contributed by atoms with Gasteiger partial charge in [0.25, 0.3) is 0 Å². The van der Waals surface area contributed by atoms with E-state index in [2.05, 4.69) is 298 Å². The third-order valence-electron chi connectivity index (χ3n) is 19.0. The van der Waals surface area contributed by atoms with Gasteiger partial charge in [0.05, 0.1) is 16.8 Å². The molecule has 0 heterocycles. The molecule has 5 aliphatic rings. The number of allylic oxidation sites excluding steroid dienone is 10. The average Bonchev–Trinajstić information content (AvgIpc) is 4.16. The molecule has 10 aromatic rings. The summed E-state index contributed by atoms with van der Waals surface area (Å²) in [6.45, 7) is 7.56. The first-order chi connectivity index (χ1) is 39.3. The lowest BCUT2D eigenvalue weighted by Crippen LogP contribution is -2.45. The third-order valence-corrected chi connectivity index (χ3v) is 19.0. The van der Waals surface area contributed by atoms with E-state index >= 15 is 0 Å². The number of para-hydroxylation sites is 2. The average molecular weight is 1030 g/mol. The van der Waals surface area contributed by atoms with Crippen molar-refractivity contribution < 1.29 is 0 Å². The van der Waals surface area contributed by atoms with Gasteiger partial charge < -0.3 is 9.80 Å². The van der Waals surface area contributed by atoms with Crippen LogP contribution >= 0.6 is 0 Å². The highest BCUT2D eigenvalue weighted by molar-refractivity contribution is 6.01. The van der Waals surface area contributed by atoms with Crippen LogP contribution in [0.5, 0.6) is 0 Å². The minimum Gasteiger partial charge on any atom is -0.310 e. The van der Waals surface area contributed by atoms with Crippen LogP contribution in [-0.4, -0.2) is 0 Å². The fraction of sp³-hybridized carbons (Fsp3) is 0.154. The number of fused-ring (bicyclic) bond motifs is 9. The monoisotopic (exact) mass is 1030 g/mol. The second-order valence-electron chi connectivity index (χ2n) is 23.5. The van der Waals surface area contributed by atoms with Crippen molar-refractivity contribution in [1.29, 1.82) is 0 Å². The summed E-state index contributed by atoms with van der Waals surface area (Å²) in [7, 11) is 0. The summed E-state index contributed by atoms with van der Waals surface area (Å²) < 4.78 is 0. The van der Waals surface area contributed by atoms with Gasteiger partial charge in [-0.1, -0.05) is 226 Å². The van der Waals surface area contributed by atoms with Crippen LogP contribution in [-0.2, 0) is 10.8 Å². The van der Waals surface area contributed by atoms with Crippen LogP contribution in [0, 0.1) is 5.41 Å². The van der Waals surface area contributed by atoms with Crippen LogP contribution in [0.3, 0.4) is 0 Å². The van der Waals surface area contributed by atoms with Crippen molar-refractivity contribution in [3.8, 4) is 11.1 Å². The highest BCUT2D eigenvalue weighted by Crippen LogP contribution is 2.70. The molecule has 0 fully saturated rings. The number of nitrogens with zero attached hydrogens (tertiary/aromatic N) is 2. The normalized spacial score (nSPS) is 20.4. The van der Waals surface area contributed by atoms with Gasteiger partial charge in [-0.15, -0.1) is 0 Å². The molecule has 0 bridgehead atoms. The molecule has 2 nitrogen and oxygen atoms in total. The van der Waals surface area contributed by atoms with Gasteiger partial charge in [-0.2, -0.15) is 0 Å². The van der Waals surface area contributed by atoms with E-state index in [9.17, 15) is 0 Å². The Morgan fingerprint density at radius 1 is 0.438 bits per heavy atom. The minimum absolute atomic E-state index is 0.100. The van der Waals surface area contributed by atoms with E-state index in [1.807, 2.05) is 0 Å². The predicted octanol–water partition coefficient (Wildman–Crippen LogP) is 21.1. The largest absolute Gasteiger partial charge is 0.310 e. The van der Waals surface area contributed by atoms with Crippen molar-refractivity contribution in [2.75, 3.05) is 9.80 Å². The summed E-state index contributed by atoms with van der Waals surface area (Å²) in [6.07, 6.45) is 17.6. The lowest BCUT2D eigenvalue weighted by molar-refractivity contribution is 0.472. The molecule has 10 aromatic carbocycles. The van der Waals surface area contributed by atoms with Crippen LogP contribution < -0.4 is 9.80 Å². The lowest BCUT2D eigenvalue weighted by atomic mass is 9.50. The van der Waals surface area contributed by atoms with Crippen LogP contribution in [0.4, 0.5) is 34.1 Å². The first-order valence-electron chi connectivity index (χ1n) is 29.0. The fourth-order valence-electron chi connectivity index (χ4n) is 15.5. The molecule has 0 saturated heterocycles. The number of benzene rings is 10. The number of hydrogen-bond acceptors (Lipinski definition) is 2. The first-order valence-corrected chi connectivity index (χ1v) is 29.0. The molecule has 0 N–H and O–H groups in total. The second-order valence-corrected chi connectivity index (χ2v) is 23.5. The molecular formula is C78H64N2. The Hall–Kier alpha value is -8.98. The van der Waals surface area contributed by atoms with E-state index in [1.54, 1.807) is 16.7 Å². The van der Waals surface area contributed by atoms with E-state index in [-0.39, 0.29) is 16.7 Å². The Balaban J connectivity index is 0.850. The molecule has 386 valence electrons. The van der Waals surface area contributed by atoms with Crippen molar-refractivity contribution >= 4 is 61.2 Å². The molecule has 0 aliphatic heterocycles. The molecule has 1 spiro atoms. The van der Waals surface area contributed by atoms with Crippen molar-refractivity contribution in [2.24, 2.45) is 5.41 Å². The van der Waals surface area contributed by atoms with Crippen LogP contribution in [0.15, 0.2) is 289 Å². The van der Waals surface area contributed by atoms with Crippen molar-refractivity contribution in [1.82, 2.24) is 0 Å². The van der Waals surface area contributed by atoms with Gasteiger partial charge in [0.15, 0.2) is 0 Å². The van der Waals surface area contributed by atoms with E-state index in [0.717, 1.165) is 48.4 Å². The molecule has 0 aromatic heterocycles. The standard InChI is InChI=1S/C78H64N2/c1-76(2)52-51-71-75(76)64-33-12-15-35-66(64)78(71)69-38-18-16-36-67(69)77(3,68-37-17-19-39-70(68)78)65-34-14-11-31-62(65)63-32-13-20-40-74(63)80(73-42-22-26-56-24-8-10-30-61(56)73)59-49-45-54(46-50-59)53-43-47-58(48-44-53)79(57-27-5-4-6-28-57)72-41-21-25-55-23-7-9-29-60(55)72/h4-18,20-30,32-38,40-50,62H,19,31,39,51-52H2,1-3H3. The summed E-state index contributed by atoms with van der Waals surface area (Å²) in [4.78, 5) is 4.92. The van der Waals surface area contributed by atoms with E-state index in [0.29, 0.717) is 0 Å². The smallest absolute Gasteiger partial charge is 0.0642 e. The molecule has 80 heavy (non-hydrogen) atoms. The Kier molecular flexibility index (Phi) is 11.4. The van der Waals surface area contributed by atoms with E-state index in [4.69, 9.17) is 0 Å². The molecule has 3 unspecified atom stereocenters. The Bertz CT molecular complexity index is 4250. The number of rotatable bonds is 9. The summed E-state index contributed by atoms with van der Waals surface area (Å²) in [5.74, 6) is 0.100. The van der Waals surface area contributed by atoms with E-state index < -0.39 is 5.41 Å². The Morgan fingerprint density at radius 2 is 0.988 bits per heavy atom. The van der Waals surface area contributed by atoms with Crippen LogP contribution in [0.25, 0.3) is 38.2 Å². The van der Waals surface area contributed by atoms with Crippen molar-refractivity contribution in [2.45, 2.75) is 69.6 Å². The molecule has 15 rings (SSSR count). The number of hydrogen-bond donors (Lipinski definition) is 0. The van der Waals surface area contributed by atoms with Crippen LogP contribution in [0.1, 0.15) is 86.6 Å². The molecule has 5 aliphatic carbocycles. The van der Waals surface area contributed by atoms with Crippen molar-refractivity contribution in [3.63, 3.8) is 0 Å². The summed E-state index contributed by atoms with van der Waals surface area (Å²) >= 11 is 0. The summed E-state index contributed by atoms with van der Waals surface area (Å²) in [5.41, 5.74) is 23.7. The van der Waals surface area contributed by atoms with Gasteiger partial charge >= 0.3 is 0 Å². The zero-order valence-electron chi connectivity index (χ0n) is 45.9. The highest BCUT2D eigenvalue weighted by Gasteiger charge is 2.59. The van der Waals surface area contributed by atoms with Gasteiger partial charge in [0, 0.05) is 44.9 Å². The van der Waals surface area contributed by atoms with Crippen molar-refractivity contribution in [3.05, 3.63) is 317 Å². The SMILES string of the molecule is CC1(C)CCC2=C1c1ccccc1C21C2=C(C=CCC2)C(C)(C2=CC=CCC2c2ccccc2N(c2ccc(-c3ccc(N(c4ccccc4)c4cccc5ccccc45)cc3)cc2)c2cccc3ccccc23)c2ccccc21. The third kappa shape index (κ3) is 7.24. The van der Waals surface area contributed by atoms with Gasteiger partial charge in [0.1, 0.15) is 0 Å². The molecule has 2 heteroatoms. The predicted molar refractivity (Wildman–Crippen MR) is 337 cm³/mol. The van der Waals surface area contributed by atoms with Gasteiger partial charge in [-0.25, -0.2) is 0 Å². The fourth-order valence-corrected chi connectivity index (χ4v) is 15.5. The topological polar surface area (TPSA) is 6.48 Å². The lowest BCUT2D eigenvalue weighted by Gasteiger charge is -2.52. The first kappa shape index (κ1) is 48.2. The molecule has 0 amide bonds. The summed E-state index contributed by atoms with van der Waals surface area (Å²) in [6, 6.07) is 88.4. The maximum absolute atomic E-state index is 2.58. The zero-order chi connectivity index (χ0) is 53.6. The zero-order valence-corrected chi connectivity index (χ0v) is 45.9. The highest BCUT2D eigenvalue weighted by atomic mass is 15.2. The second kappa shape index (κ2) is 18.9. The maximum Gasteiger partial charge on any atom is 0.0642 e. The number of anilines is 6. The van der Waals surface area contributed by atoms with Gasteiger partial charge in [-0.05, 0) is 177 Å². The van der Waals surface area contributed by atoms with Gasteiger partial charge in [0.2, 0.25) is 0 Å². The van der Waals surface area contributed by atoms with Gasteiger partial charge in [-0.3, -0.25) is 0 Å². The Labute approximate surface area is 471 Å². The molecule has 3 atom stereocenters. The Morgan fingerprint density at radius 3 is 1.70 bits per heavy atom. The molecular weight excluding hydrogens is 965 g/mol. The van der Waals surface area contributed by atoms with Crippen LogP contribution in [0.2, 0.25) is 0 Å². The molecule has 0 saturated carbocycles. The van der Waals surface area contributed by atoms with E-state index in [1.165, 1.54) is 89.4 Å². The summed E-state index contributed by atoms with van der Waals surface area (Å²) in [5, 5.41) is 4.89.